The van der Waals surface area contributed by atoms with E-state index in [9.17, 15) is 13.2 Å². The first kappa shape index (κ1) is 17.5. The third-order valence-electron chi connectivity index (χ3n) is 3.44. The van der Waals surface area contributed by atoms with Crippen molar-refractivity contribution in [2.75, 3.05) is 47.1 Å². The van der Waals surface area contributed by atoms with Crippen molar-refractivity contribution < 1.29 is 27.4 Å². The van der Waals surface area contributed by atoms with E-state index in [0.717, 1.165) is 0 Å². The molecule has 0 spiro atoms. The number of rotatable bonds is 6. The van der Waals surface area contributed by atoms with Gasteiger partial charge in [0.05, 0.1) is 34.0 Å². The van der Waals surface area contributed by atoms with Crippen LogP contribution in [0.5, 0.6) is 11.5 Å². The predicted molar refractivity (Wildman–Crippen MR) is 82.1 cm³/mol. The minimum atomic E-state index is -3.90. The fourth-order valence-corrected chi connectivity index (χ4v) is 3.31. The molecule has 1 heterocycles. The molecule has 0 radical (unpaired) electrons. The number of amides is 1. The maximum Gasteiger partial charge on any atom is 0.244 e. The van der Waals surface area contributed by atoms with E-state index in [-0.39, 0.29) is 23.1 Å². The van der Waals surface area contributed by atoms with Gasteiger partial charge in [-0.1, -0.05) is 0 Å². The van der Waals surface area contributed by atoms with Crippen molar-refractivity contribution in [1.82, 2.24) is 9.62 Å². The maximum atomic E-state index is 12.4. The summed E-state index contributed by atoms with van der Waals surface area (Å²) in [6, 6.07) is 4.44. The van der Waals surface area contributed by atoms with Crippen molar-refractivity contribution >= 4 is 15.9 Å². The summed E-state index contributed by atoms with van der Waals surface area (Å²) >= 11 is 0. The Morgan fingerprint density at radius 1 is 1.26 bits per heavy atom. The van der Waals surface area contributed by atoms with E-state index in [4.69, 9.17) is 14.2 Å². The molecule has 0 unspecified atom stereocenters. The number of methoxy groups -OCH3 is 2. The Hall–Kier alpha value is -1.84. The van der Waals surface area contributed by atoms with Gasteiger partial charge in [0, 0.05) is 19.2 Å². The van der Waals surface area contributed by atoms with Crippen LogP contribution >= 0.6 is 0 Å². The molecule has 1 amide bonds. The fraction of sp³-hybridized carbons (Fsp3) is 0.500. The molecule has 0 bridgehead atoms. The average molecular weight is 344 g/mol. The number of nitrogens with one attached hydrogen (secondary N) is 1. The molecule has 1 saturated heterocycles. The first-order valence-corrected chi connectivity index (χ1v) is 8.53. The molecule has 0 atom stereocenters. The van der Waals surface area contributed by atoms with E-state index in [1.165, 1.54) is 26.4 Å². The molecule has 9 heteroatoms. The smallest absolute Gasteiger partial charge is 0.244 e. The van der Waals surface area contributed by atoms with Gasteiger partial charge in [-0.3, -0.25) is 4.79 Å². The van der Waals surface area contributed by atoms with Gasteiger partial charge >= 0.3 is 0 Å². The molecule has 2 rings (SSSR count). The number of hydrogen-bond donors (Lipinski definition) is 1. The van der Waals surface area contributed by atoms with Crippen LogP contribution in [0.3, 0.4) is 0 Å². The first-order valence-electron chi connectivity index (χ1n) is 7.05. The number of ether oxygens (including phenoxy) is 3. The largest absolute Gasteiger partial charge is 0.497 e. The number of hydrogen-bond acceptors (Lipinski definition) is 6. The summed E-state index contributed by atoms with van der Waals surface area (Å²) < 4.78 is 42.4. The number of carbonyl (C=O) groups is 1. The van der Waals surface area contributed by atoms with Gasteiger partial charge < -0.3 is 19.1 Å². The van der Waals surface area contributed by atoms with Crippen LogP contribution in [0.15, 0.2) is 23.1 Å². The number of benzene rings is 1. The SMILES string of the molecule is COc1ccc(OC)c(S(=O)(=O)NCC(=O)N2CCOCC2)c1. The van der Waals surface area contributed by atoms with Crippen molar-refractivity contribution in [1.29, 1.82) is 0 Å². The van der Waals surface area contributed by atoms with Gasteiger partial charge in [-0.15, -0.1) is 0 Å². The van der Waals surface area contributed by atoms with E-state index in [1.54, 1.807) is 11.0 Å². The number of nitrogens with zero attached hydrogens (tertiary/aromatic N) is 1. The maximum absolute atomic E-state index is 12.4. The van der Waals surface area contributed by atoms with Crippen molar-refractivity contribution in [3.05, 3.63) is 18.2 Å². The molecule has 23 heavy (non-hydrogen) atoms. The molecule has 1 aliphatic heterocycles. The summed E-state index contributed by atoms with van der Waals surface area (Å²) in [7, 11) is -1.09. The van der Waals surface area contributed by atoms with Crippen LogP contribution in [0.4, 0.5) is 0 Å². The molecule has 0 saturated carbocycles. The van der Waals surface area contributed by atoms with Crippen LogP contribution in [0, 0.1) is 0 Å². The lowest BCUT2D eigenvalue weighted by molar-refractivity contribution is -0.133. The highest BCUT2D eigenvalue weighted by Crippen LogP contribution is 2.27. The van der Waals surface area contributed by atoms with Crippen LogP contribution < -0.4 is 14.2 Å². The minimum Gasteiger partial charge on any atom is -0.497 e. The van der Waals surface area contributed by atoms with E-state index in [2.05, 4.69) is 4.72 Å². The number of sulfonamides is 1. The molecule has 1 fully saturated rings. The molecule has 8 nitrogen and oxygen atoms in total. The Balaban J connectivity index is 2.10. The van der Waals surface area contributed by atoms with E-state index in [1.807, 2.05) is 0 Å². The average Bonchev–Trinajstić information content (AvgIpc) is 2.59. The van der Waals surface area contributed by atoms with Gasteiger partial charge in [-0.05, 0) is 12.1 Å². The minimum absolute atomic E-state index is 0.0749. The highest BCUT2D eigenvalue weighted by molar-refractivity contribution is 7.89. The summed E-state index contributed by atoms with van der Waals surface area (Å²) in [4.78, 5) is 13.5. The third kappa shape index (κ3) is 4.34. The van der Waals surface area contributed by atoms with Gasteiger partial charge in [0.15, 0.2) is 0 Å². The quantitative estimate of drug-likeness (QED) is 0.771. The van der Waals surface area contributed by atoms with Crippen LogP contribution in [0.1, 0.15) is 0 Å². The van der Waals surface area contributed by atoms with Crippen molar-refractivity contribution in [2.24, 2.45) is 0 Å². The molecule has 1 aromatic carbocycles. The molecule has 0 aromatic heterocycles. The Morgan fingerprint density at radius 3 is 2.57 bits per heavy atom. The highest BCUT2D eigenvalue weighted by Gasteiger charge is 2.23. The second kappa shape index (κ2) is 7.62. The highest BCUT2D eigenvalue weighted by atomic mass is 32.2. The van der Waals surface area contributed by atoms with Gasteiger partial charge in [0.1, 0.15) is 16.4 Å². The van der Waals surface area contributed by atoms with Crippen LogP contribution in [-0.4, -0.2) is 66.3 Å². The molecule has 1 aliphatic rings. The fourth-order valence-electron chi connectivity index (χ4n) is 2.15. The number of carbonyl (C=O) groups excluding carboxylic acids is 1. The van der Waals surface area contributed by atoms with E-state index in [0.29, 0.717) is 32.1 Å². The summed E-state index contributed by atoms with van der Waals surface area (Å²) in [5, 5.41) is 0. The Bertz CT molecular complexity index is 655. The van der Waals surface area contributed by atoms with Crippen molar-refractivity contribution in [3.63, 3.8) is 0 Å². The summed E-state index contributed by atoms with van der Waals surface area (Å²) in [5.74, 6) is 0.265. The molecular weight excluding hydrogens is 324 g/mol. The van der Waals surface area contributed by atoms with Crippen LogP contribution in [0.25, 0.3) is 0 Å². The van der Waals surface area contributed by atoms with Crippen molar-refractivity contribution in [2.45, 2.75) is 4.90 Å². The third-order valence-corrected chi connectivity index (χ3v) is 4.86. The molecule has 1 N–H and O–H groups in total. The van der Waals surface area contributed by atoms with Gasteiger partial charge in [0.25, 0.3) is 0 Å². The topological polar surface area (TPSA) is 94.2 Å². The number of morpholine rings is 1. The first-order chi connectivity index (χ1) is 11.0. The van der Waals surface area contributed by atoms with E-state index >= 15 is 0 Å². The van der Waals surface area contributed by atoms with E-state index < -0.39 is 10.0 Å². The zero-order chi connectivity index (χ0) is 16.9. The zero-order valence-electron chi connectivity index (χ0n) is 13.1. The zero-order valence-corrected chi connectivity index (χ0v) is 13.9. The summed E-state index contributed by atoms with van der Waals surface area (Å²) in [6.07, 6.45) is 0. The van der Waals surface area contributed by atoms with Gasteiger partial charge in [0.2, 0.25) is 15.9 Å². The van der Waals surface area contributed by atoms with Gasteiger partial charge in [-0.2, -0.15) is 0 Å². The molecule has 1 aromatic rings. The Labute approximate surface area is 135 Å². The lowest BCUT2D eigenvalue weighted by Crippen LogP contribution is -2.45. The van der Waals surface area contributed by atoms with Crippen LogP contribution in [0.2, 0.25) is 0 Å². The Kier molecular flexibility index (Phi) is 5.80. The summed E-state index contributed by atoms with van der Waals surface area (Å²) in [6.45, 7) is 1.53. The Morgan fingerprint density at radius 2 is 1.96 bits per heavy atom. The lowest BCUT2D eigenvalue weighted by Gasteiger charge is -2.26. The molecule has 128 valence electrons. The van der Waals surface area contributed by atoms with Gasteiger partial charge in [-0.25, -0.2) is 13.1 Å². The second-order valence-corrected chi connectivity index (χ2v) is 6.57. The second-order valence-electron chi connectivity index (χ2n) is 4.83. The summed E-state index contributed by atoms with van der Waals surface area (Å²) in [5.41, 5.74) is 0. The lowest BCUT2D eigenvalue weighted by atomic mass is 10.3. The van der Waals surface area contributed by atoms with Crippen molar-refractivity contribution in [3.8, 4) is 11.5 Å². The van der Waals surface area contributed by atoms with Crippen LogP contribution in [-0.2, 0) is 19.6 Å². The normalized spacial score (nSPS) is 15.3. The predicted octanol–water partition coefficient (Wildman–Crippen LogP) is -0.159. The monoisotopic (exact) mass is 344 g/mol. The molecular formula is C14H20N2O6S. The standard InChI is InChI=1S/C14H20N2O6S/c1-20-11-3-4-12(21-2)13(9-11)23(18,19)15-10-14(17)16-5-7-22-8-6-16/h3-4,9,15H,5-8,10H2,1-2H3. The molecule has 0 aliphatic carbocycles.